The average Bonchev–Trinajstić information content (AvgIpc) is 2.49. The van der Waals surface area contributed by atoms with E-state index >= 15 is 0 Å². The summed E-state index contributed by atoms with van der Waals surface area (Å²) in [5.41, 5.74) is 5.77. The molecule has 0 atom stereocenters. The predicted octanol–water partition coefficient (Wildman–Crippen LogP) is 3.02. The maximum atomic E-state index is 13.2. The lowest BCUT2D eigenvalue weighted by molar-refractivity contribution is -0.120. The van der Waals surface area contributed by atoms with Crippen LogP contribution in [0.25, 0.3) is 0 Å². The lowest BCUT2D eigenvalue weighted by atomic mass is 9.83. The first kappa shape index (κ1) is 16.5. The molecule has 2 aromatic rings. The Bertz CT molecular complexity index is 755. The molecule has 0 saturated heterocycles. The molecule has 0 heterocycles. The highest BCUT2D eigenvalue weighted by molar-refractivity contribution is 6.04. The van der Waals surface area contributed by atoms with Gasteiger partial charge in [-0.25, -0.2) is 9.18 Å². The largest absolute Gasteiger partial charge is 0.478 e. The number of nitrogens with one attached hydrogen (secondary N) is 1. The molecule has 0 fully saturated rings. The van der Waals surface area contributed by atoms with Crippen LogP contribution in [0.2, 0.25) is 0 Å². The van der Waals surface area contributed by atoms with Gasteiger partial charge < -0.3 is 16.2 Å². The van der Waals surface area contributed by atoms with E-state index in [1.165, 1.54) is 6.07 Å². The number of hydrogen-bond donors (Lipinski definition) is 3. The van der Waals surface area contributed by atoms with E-state index in [9.17, 15) is 14.0 Å². The van der Waals surface area contributed by atoms with Gasteiger partial charge in [-0.15, -0.1) is 0 Å². The molecule has 120 valence electrons. The zero-order valence-electron chi connectivity index (χ0n) is 12.8. The van der Waals surface area contributed by atoms with E-state index in [0.717, 1.165) is 17.7 Å². The molecule has 0 spiro atoms. The van der Waals surface area contributed by atoms with Crippen molar-refractivity contribution in [2.45, 2.75) is 19.3 Å². The summed E-state index contributed by atoms with van der Waals surface area (Å²) in [6.07, 6.45) is 0. The standard InChI is InChI=1S/C17H17FN2O3/c1-17(2,10-3-6-12(19)7-4-10)16(23)20-14-8-5-11(18)9-13(14)15(21)22/h3-9H,19H2,1-2H3,(H,20,23)(H,21,22). The van der Waals surface area contributed by atoms with Gasteiger partial charge in [0, 0.05) is 5.69 Å². The van der Waals surface area contributed by atoms with Crippen molar-refractivity contribution in [2.24, 2.45) is 0 Å². The Kier molecular flexibility index (Phi) is 4.36. The van der Waals surface area contributed by atoms with E-state index in [1.54, 1.807) is 38.1 Å². The van der Waals surface area contributed by atoms with Crippen molar-refractivity contribution in [2.75, 3.05) is 11.1 Å². The number of carbonyl (C=O) groups is 2. The van der Waals surface area contributed by atoms with Crippen molar-refractivity contribution in [3.8, 4) is 0 Å². The third-order valence-corrected chi connectivity index (χ3v) is 3.66. The van der Waals surface area contributed by atoms with E-state index in [1.807, 2.05) is 0 Å². The molecule has 0 bridgehead atoms. The van der Waals surface area contributed by atoms with Gasteiger partial charge >= 0.3 is 5.97 Å². The molecule has 0 aliphatic carbocycles. The van der Waals surface area contributed by atoms with Crippen LogP contribution in [0.3, 0.4) is 0 Å². The summed E-state index contributed by atoms with van der Waals surface area (Å²) in [6, 6.07) is 10.0. The minimum atomic E-state index is -1.31. The summed E-state index contributed by atoms with van der Waals surface area (Å²) in [5, 5.41) is 11.7. The summed E-state index contributed by atoms with van der Waals surface area (Å²) in [6.45, 7) is 3.41. The first-order valence-corrected chi connectivity index (χ1v) is 6.92. The summed E-state index contributed by atoms with van der Waals surface area (Å²) < 4.78 is 13.2. The van der Waals surface area contributed by atoms with Gasteiger partial charge in [-0.1, -0.05) is 12.1 Å². The van der Waals surface area contributed by atoms with Crippen molar-refractivity contribution < 1.29 is 19.1 Å². The normalized spacial score (nSPS) is 11.1. The second kappa shape index (κ2) is 6.08. The molecule has 2 aromatic carbocycles. The highest BCUT2D eigenvalue weighted by Gasteiger charge is 2.30. The molecule has 23 heavy (non-hydrogen) atoms. The van der Waals surface area contributed by atoms with Crippen molar-refractivity contribution in [3.63, 3.8) is 0 Å². The smallest absolute Gasteiger partial charge is 0.337 e. The number of aromatic carboxylic acids is 1. The van der Waals surface area contributed by atoms with Crippen LogP contribution in [-0.2, 0) is 10.2 Å². The zero-order valence-corrected chi connectivity index (χ0v) is 12.8. The second-order valence-electron chi connectivity index (χ2n) is 5.70. The number of hydrogen-bond acceptors (Lipinski definition) is 3. The second-order valence-corrected chi connectivity index (χ2v) is 5.70. The molecule has 0 saturated carbocycles. The van der Waals surface area contributed by atoms with Gasteiger partial charge in [0.2, 0.25) is 5.91 Å². The monoisotopic (exact) mass is 316 g/mol. The molecule has 2 rings (SSSR count). The Hall–Kier alpha value is -2.89. The Labute approximate surface area is 132 Å². The molecular formula is C17H17FN2O3. The summed E-state index contributed by atoms with van der Waals surface area (Å²) in [7, 11) is 0. The highest BCUT2D eigenvalue weighted by Crippen LogP contribution is 2.27. The highest BCUT2D eigenvalue weighted by atomic mass is 19.1. The van der Waals surface area contributed by atoms with Gasteiger partial charge in [0.25, 0.3) is 0 Å². The van der Waals surface area contributed by atoms with Crippen molar-refractivity contribution in [1.82, 2.24) is 0 Å². The number of amides is 1. The van der Waals surface area contributed by atoms with E-state index in [4.69, 9.17) is 10.8 Å². The van der Waals surface area contributed by atoms with Crippen LogP contribution in [0.5, 0.6) is 0 Å². The number of halogens is 1. The fourth-order valence-electron chi connectivity index (χ4n) is 2.11. The summed E-state index contributed by atoms with van der Waals surface area (Å²) >= 11 is 0. The van der Waals surface area contributed by atoms with Crippen molar-refractivity contribution in [1.29, 1.82) is 0 Å². The van der Waals surface area contributed by atoms with Crippen LogP contribution in [0.1, 0.15) is 29.8 Å². The third-order valence-electron chi connectivity index (χ3n) is 3.66. The van der Waals surface area contributed by atoms with Crippen LogP contribution in [0.4, 0.5) is 15.8 Å². The van der Waals surface area contributed by atoms with Crippen molar-refractivity contribution in [3.05, 3.63) is 59.4 Å². The Balaban J connectivity index is 2.31. The maximum Gasteiger partial charge on any atom is 0.337 e. The number of rotatable bonds is 4. The van der Waals surface area contributed by atoms with E-state index in [-0.39, 0.29) is 11.3 Å². The topological polar surface area (TPSA) is 92.4 Å². The van der Waals surface area contributed by atoms with Gasteiger partial charge in [-0.05, 0) is 49.7 Å². The molecule has 5 nitrogen and oxygen atoms in total. The first-order valence-electron chi connectivity index (χ1n) is 6.92. The molecule has 0 radical (unpaired) electrons. The van der Waals surface area contributed by atoms with Crippen LogP contribution in [-0.4, -0.2) is 17.0 Å². The molecule has 6 heteroatoms. The third kappa shape index (κ3) is 3.48. The molecule has 4 N–H and O–H groups in total. The van der Waals surface area contributed by atoms with E-state index in [2.05, 4.69) is 5.32 Å². The first-order chi connectivity index (χ1) is 10.7. The zero-order chi connectivity index (χ0) is 17.2. The van der Waals surface area contributed by atoms with Crippen LogP contribution in [0, 0.1) is 5.82 Å². The summed E-state index contributed by atoms with van der Waals surface area (Å²) in [5.74, 6) is -2.40. The van der Waals surface area contributed by atoms with Crippen LogP contribution < -0.4 is 11.1 Å². The Morgan fingerprint density at radius 1 is 1.13 bits per heavy atom. The number of carboxylic acids is 1. The maximum absolute atomic E-state index is 13.2. The lowest BCUT2D eigenvalue weighted by Crippen LogP contribution is -2.35. The SMILES string of the molecule is CC(C)(C(=O)Nc1ccc(F)cc1C(=O)O)c1ccc(N)cc1. The minimum Gasteiger partial charge on any atom is -0.478 e. The number of nitrogens with two attached hydrogens (primary N) is 1. The molecule has 0 unspecified atom stereocenters. The van der Waals surface area contributed by atoms with Gasteiger partial charge in [-0.2, -0.15) is 0 Å². The quantitative estimate of drug-likeness (QED) is 0.756. The van der Waals surface area contributed by atoms with Gasteiger partial charge in [0.05, 0.1) is 16.7 Å². The van der Waals surface area contributed by atoms with Crippen LogP contribution in [0.15, 0.2) is 42.5 Å². The fourth-order valence-corrected chi connectivity index (χ4v) is 2.11. The Morgan fingerprint density at radius 2 is 1.74 bits per heavy atom. The molecule has 0 aliphatic rings. The number of carboxylic acid groups (broad SMARTS) is 1. The minimum absolute atomic E-state index is 0.0485. The average molecular weight is 316 g/mol. The number of carbonyl (C=O) groups excluding carboxylic acids is 1. The molecular weight excluding hydrogens is 299 g/mol. The Morgan fingerprint density at radius 3 is 2.30 bits per heavy atom. The van der Waals surface area contributed by atoms with Gasteiger partial charge in [0.15, 0.2) is 0 Å². The van der Waals surface area contributed by atoms with Gasteiger partial charge in [-0.3, -0.25) is 4.79 Å². The van der Waals surface area contributed by atoms with Crippen LogP contribution >= 0.6 is 0 Å². The molecule has 0 aromatic heterocycles. The van der Waals surface area contributed by atoms with Crippen molar-refractivity contribution >= 4 is 23.3 Å². The van der Waals surface area contributed by atoms with Gasteiger partial charge in [0.1, 0.15) is 5.82 Å². The predicted molar refractivity (Wildman–Crippen MR) is 85.9 cm³/mol. The number of benzene rings is 2. The van der Waals surface area contributed by atoms with E-state index < -0.39 is 23.1 Å². The molecule has 0 aliphatic heterocycles. The van der Waals surface area contributed by atoms with E-state index in [0.29, 0.717) is 5.69 Å². The number of nitrogen functional groups attached to an aromatic ring is 1. The summed E-state index contributed by atoms with van der Waals surface area (Å²) in [4.78, 5) is 23.7. The molecule has 1 amide bonds. The fraction of sp³-hybridized carbons (Fsp3) is 0.176. The number of anilines is 2. The lowest BCUT2D eigenvalue weighted by Gasteiger charge is -2.24.